The van der Waals surface area contributed by atoms with Crippen molar-refractivity contribution in [2.75, 3.05) is 7.05 Å². The largest absolute Gasteiger partial charge is 0.391 e. The second kappa shape index (κ2) is 4.38. The van der Waals surface area contributed by atoms with Crippen LogP contribution in [-0.2, 0) is 0 Å². The lowest BCUT2D eigenvalue weighted by atomic mass is 9.83. The third-order valence-corrected chi connectivity index (χ3v) is 5.05. The van der Waals surface area contributed by atoms with Gasteiger partial charge in [0.1, 0.15) is 0 Å². The Bertz CT molecular complexity index is 405. The number of likely N-dealkylation sites (N-methyl/N-ethyl adjacent to an activating group) is 1. The van der Waals surface area contributed by atoms with Gasteiger partial charge in [-0.25, -0.2) is 0 Å². The Morgan fingerprint density at radius 2 is 1.94 bits per heavy atom. The topological polar surface area (TPSA) is 23.5 Å². The number of hydrogen-bond donors (Lipinski definition) is 1. The zero-order valence-electron chi connectivity index (χ0n) is 10.0. The lowest BCUT2D eigenvalue weighted by molar-refractivity contribution is 0.0112. The van der Waals surface area contributed by atoms with E-state index in [-0.39, 0.29) is 6.10 Å². The molecule has 2 bridgehead atoms. The van der Waals surface area contributed by atoms with Crippen molar-refractivity contribution < 1.29 is 5.11 Å². The van der Waals surface area contributed by atoms with Crippen LogP contribution in [-0.4, -0.2) is 35.2 Å². The van der Waals surface area contributed by atoms with Gasteiger partial charge in [0, 0.05) is 22.5 Å². The van der Waals surface area contributed by atoms with Gasteiger partial charge in [-0.15, -0.1) is 0 Å². The van der Waals surface area contributed by atoms with Crippen molar-refractivity contribution in [1.29, 1.82) is 0 Å². The molecule has 0 aromatic heterocycles. The number of piperidine rings is 1. The number of aliphatic hydroxyl groups excluding tert-OH is 1. The second-order valence-electron chi connectivity index (χ2n) is 5.35. The van der Waals surface area contributed by atoms with Gasteiger partial charge in [-0.3, -0.25) is 4.90 Å². The van der Waals surface area contributed by atoms with Crippen molar-refractivity contribution in [2.24, 2.45) is 0 Å². The minimum absolute atomic E-state index is 0.208. The van der Waals surface area contributed by atoms with E-state index in [0.29, 0.717) is 18.0 Å². The summed E-state index contributed by atoms with van der Waals surface area (Å²) in [5.41, 5.74) is 1.28. The highest BCUT2D eigenvalue weighted by Crippen LogP contribution is 2.42. The molecule has 92 valence electrons. The van der Waals surface area contributed by atoms with Gasteiger partial charge in [0.15, 0.2) is 0 Å². The van der Waals surface area contributed by atoms with Crippen LogP contribution in [0.25, 0.3) is 0 Å². The molecule has 1 aromatic carbocycles. The first-order valence-electron chi connectivity index (χ1n) is 6.32. The molecule has 2 heterocycles. The third-order valence-electron chi connectivity index (χ3n) is 4.53. The Balaban J connectivity index is 1.87. The van der Waals surface area contributed by atoms with E-state index in [1.807, 2.05) is 0 Å². The van der Waals surface area contributed by atoms with Crippen LogP contribution in [0, 0.1) is 0 Å². The molecule has 0 aliphatic carbocycles. The molecule has 3 rings (SSSR count). The molecular weight excluding hydrogens is 278 g/mol. The Morgan fingerprint density at radius 3 is 2.65 bits per heavy atom. The summed E-state index contributed by atoms with van der Waals surface area (Å²) in [4.78, 5) is 2.38. The number of nitrogens with zero attached hydrogens (tertiary/aromatic N) is 1. The summed E-state index contributed by atoms with van der Waals surface area (Å²) in [7, 11) is 2.16. The Labute approximate surface area is 111 Å². The van der Waals surface area contributed by atoms with E-state index in [0.717, 1.165) is 17.3 Å². The van der Waals surface area contributed by atoms with Gasteiger partial charge < -0.3 is 5.11 Å². The molecule has 3 heteroatoms. The van der Waals surface area contributed by atoms with E-state index in [4.69, 9.17) is 0 Å². The van der Waals surface area contributed by atoms with E-state index in [2.05, 4.69) is 52.1 Å². The molecule has 2 aliphatic heterocycles. The molecule has 17 heavy (non-hydrogen) atoms. The van der Waals surface area contributed by atoms with Crippen LogP contribution < -0.4 is 0 Å². The predicted molar refractivity (Wildman–Crippen MR) is 72.1 cm³/mol. The summed E-state index contributed by atoms with van der Waals surface area (Å²) < 4.78 is 1.10. The standard InChI is InChI=1S/C14H18BrNO/c1-16-11-6-7-13(16)14(17)12(8-11)9-2-4-10(15)5-3-9/h2-5,11-14,17H,6-8H2,1H3. The number of hydrogen-bond acceptors (Lipinski definition) is 2. The fourth-order valence-corrected chi connectivity index (χ4v) is 3.75. The summed E-state index contributed by atoms with van der Waals surface area (Å²) in [6, 6.07) is 9.45. The maximum absolute atomic E-state index is 10.5. The van der Waals surface area contributed by atoms with Crippen LogP contribution in [0.2, 0.25) is 0 Å². The van der Waals surface area contributed by atoms with E-state index in [1.54, 1.807) is 0 Å². The van der Waals surface area contributed by atoms with Crippen LogP contribution in [0.5, 0.6) is 0 Å². The molecule has 4 unspecified atom stereocenters. The lowest BCUT2D eigenvalue weighted by Gasteiger charge is -2.40. The van der Waals surface area contributed by atoms with Crippen molar-refractivity contribution in [3.63, 3.8) is 0 Å². The molecule has 0 amide bonds. The molecule has 0 spiro atoms. The highest BCUT2D eigenvalue weighted by atomic mass is 79.9. The SMILES string of the molecule is CN1C2CCC1C(O)C(c1ccc(Br)cc1)C2. The Kier molecular flexibility index (Phi) is 3.01. The van der Waals surface area contributed by atoms with Gasteiger partial charge in [0.05, 0.1) is 6.10 Å². The van der Waals surface area contributed by atoms with E-state index < -0.39 is 0 Å². The van der Waals surface area contributed by atoms with Gasteiger partial charge in [0.2, 0.25) is 0 Å². The molecule has 2 saturated heterocycles. The molecule has 2 aliphatic rings. The molecule has 1 N–H and O–H groups in total. The number of rotatable bonds is 1. The fraction of sp³-hybridized carbons (Fsp3) is 0.571. The smallest absolute Gasteiger partial charge is 0.0764 e. The monoisotopic (exact) mass is 295 g/mol. The van der Waals surface area contributed by atoms with Crippen LogP contribution in [0.4, 0.5) is 0 Å². The number of halogens is 1. The summed E-state index contributed by atoms with van der Waals surface area (Å²) in [5, 5.41) is 10.5. The Hall–Kier alpha value is -0.380. The lowest BCUT2D eigenvalue weighted by Crippen LogP contribution is -2.48. The van der Waals surface area contributed by atoms with Crippen molar-refractivity contribution in [3.05, 3.63) is 34.3 Å². The van der Waals surface area contributed by atoms with Gasteiger partial charge in [0.25, 0.3) is 0 Å². The van der Waals surface area contributed by atoms with Crippen molar-refractivity contribution in [2.45, 2.75) is 43.4 Å². The second-order valence-corrected chi connectivity index (χ2v) is 6.26. The van der Waals surface area contributed by atoms with Crippen molar-refractivity contribution >= 4 is 15.9 Å². The highest BCUT2D eigenvalue weighted by Gasteiger charge is 2.45. The van der Waals surface area contributed by atoms with Crippen molar-refractivity contribution in [1.82, 2.24) is 4.90 Å². The quantitative estimate of drug-likeness (QED) is 0.861. The third kappa shape index (κ3) is 1.94. The minimum atomic E-state index is -0.208. The van der Waals surface area contributed by atoms with Crippen LogP contribution in [0.1, 0.15) is 30.7 Å². The molecular formula is C14H18BrNO. The van der Waals surface area contributed by atoms with Gasteiger partial charge in [-0.2, -0.15) is 0 Å². The predicted octanol–water partition coefficient (Wildman–Crippen LogP) is 2.76. The molecule has 2 fully saturated rings. The number of aliphatic hydroxyl groups is 1. The maximum Gasteiger partial charge on any atom is 0.0764 e. The average Bonchev–Trinajstić information content (AvgIpc) is 2.58. The van der Waals surface area contributed by atoms with E-state index >= 15 is 0 Å². The molecule has 0 saturated carbocycles. The number of fused-ring (bicyclic) bond motifs is 2. The molecule has 0 radical (unpaired) electrons. The first kappa shape index (κ1) is 11.7. The summed E-state index contributed by atoms with van der Waals surface area (Å²) in [6.07, 6.45) is 3.27. The summed E-state index contributed by atoms with van der Waals surface area (Å²) >= 11 is 3.46. The van der Waals surface area contributed by atoms with E-state index in [9.17, 15) is 5.11 Å². The molecule has 4 atom stereocenters. The first-order chi connectivity index (χ1) is 8.16. The van der Waals surface area contributed by atoms with Gasteiger partial charge in [-0.1, -0.05) is 28.1 Å². The van der Waals surface area contributed by atoms with Gasteiger partial charge >= 0.3 is 0 Å². The number of benzene rings is 1. The fourth-order valence-electron chi connectivity index (χ4n) is 3.48. The summed E-state index contributed by atoms with van der Waals surface area (Å²) in [5.74, 6) is 0.316. The van der Waals surface area contributed by atoms with E-state index in [1.165, 1.54) is 12.0 Å². The first-order valence-corrected chi connectivity index (χ1v) is 7.11. The van der Waals surface area contributed by atoms with Gasteiger partial charge in [-0.05, 0) is 44.0 Å². The maximum atomic E-state index is 10.5. The molecule has 1 aromatic rings. The zero-order valence-corrected chi connectivity index (χ0v) is 11.6. The average molecular weight is 296 g/mol. The minimum Gasteiger partial charge on any atom is -0.391 e. The zero-order chi connectivity index (χ0) is 12.0. The normalized spacial score (nSPS) is 37.4. The summed E-state index contributed by atoms with van der Waals surface area (Å²) in [6.45, 7) is 0. The van der Waals surface area contributed by atoms with Crippen LogP contribution in [0.15, 0.2) is 28.7 Å². The molecule has 2 nitrogen and oxygen atoms in total. The highest BCUT2D eigenvalue weighted by molar-refractivity contribution is 9.10. The Morgan fingerprint density at radius 1 is 1.24 bits per heavy atom. The van der Waals surface area contributed by atoms with Crippen LogP contribution in [0.3, 0.4) is 0 Å². The van der Waals surface area contributed by atoms with Crippen LogP contribution >= 0.6 is 15.9 Å². The van der Waals surface area contributed by atoms with Crippen molar-refractivity contribution in [3.8, 4) is 0 Å².